The minimum atomic E-state index is 0.634. The van der Waals surface area contributed by atoms with Crippen LogP contribution in [-0.4, -0.2) is 50.8 Å². The number of rotatable bonds is 6. The third kappa shape index (κ3) is 3.85. The molecule has 1 fully saturated rings. The molecule has 1 aliphatic heterocycles. The van der Waals surface area contributed by atoms with E-state index >= 15 is 0 Å². The number of hydrogen-bond donors (Lipinski definition) is 1. The van der Waals surface area contributed by atoms with E-state index in [1.807, 2.05) is 24.3 Å². The number of benzene rings is 1. The van der Waals surface area contributed by atoms with Crippen LogP contribution in [0.4, 0.5) is 0 Å². The quantitative estimate of drug-likeness (QED) is 0.849. The van der Waals surface area contributed by atoms with Crippen LogP contribution in [0.3, 0.4) is 0 Å². The van der Waals surface area contributed by atoms with Crippen LogP contribution in [0, 0.1) is 0 Å². The van der Waals surface area contributed by atoms with Crippen LogP contribution >= 0.6 is 0 Å². The number of methoxy groups -OCH3 is 1. The first-order valence-electron chi connectivity index (χ1n) is 7.05. The lowest BCUT2D eigenvalue weighted by Crippen LogP contribution is -2.51. The highest BCUT2D eigenvalue weighted by molar-refractivity contribution is 5.39. The lowest BCUT2D eigenvalue weighted by atomic mass is 10.1. The smallest absolute Gasteiger partial charge is 0.161 e. The molecule has 1 unspecified atom stereocenters. The maximum absolute atomic E-state index is 5.84. The first kappa shape index (κ1) is 14.2. The lowest BCUT2D eigenvalue weighted by molar-refractivity contribution is 0.129. The molecule has 1 atom stereocenters. The minimum Gasteiger partial charge on any atom is -0.493 e. The van der Waals surface area contributed by atoms with E-state index in [0.29, 0.717) is 12.6 Å². The van der Waals surface area contributed by atoms with E-state index in [1.165, 1.54) is 6.42 Å². The van der Waals surface area contributed by atoms with Crippen molar-refractivity contribution in [1.29, 1.82) is 0 Å². The van der Waals surface area contributed by atoms with Gasteiger partial charge in [-0.25, -0.2) is 0 Å². The summed E-state index contributed by atoms with van der Waals surface area (Å²) in [6, 6.07) is 8.44. The van der Waals surface area contributed by atoms with E-state index in [4.69, 9.17) is 9.47 Å². The molecule has 1 N–H and O–H groups in total. The molecule has 0 bridgehead atoms. The highest BCUT2D eigenvalue weighted by Crippen LogP contribution is 2.25. The van der Waals surface area contributed by atoms with Crippen LogP contribution in [0.15, 0.2) is 24.3 Å². The van der Waals surface area contributed by atoms with Gasteiger partial charge in [0.15, 0.2) is 11.5 Å². The molecule has 0 radical (unpaired) electrons. The molecule has 1 aromatic carbocycles. The van der Waals surface area contributed by atoms with Gasteiger partial charge in [0.2, 0.25) is 0 Å². The molecular formula is C15H24N2O2. The fraction of sp³-hybridized carbons (Fsp3) is 0.600. The maximum atomic E-state index is 5.84. The van der Waals surface area contributed by atoms with Crippen molar-refractivity contribution < 1.29 is 9.47 Å². The van der Waals surface area contributed by atoms with Gasteiger partial charge in [0.25, 0.3) is 0 Å². The number of piperazine rings is 1. The molecule has 2 rings (SSSR count). The van der Waals surface area contributed by atoms with Gasteiger partial charge in [-0.05, 0) is 18.6 Å². The minimum absolute atomic E-state index is 0.634. The van der Waals surface area contributed by atoms with Gasteiger partial charge in [-0.2, -0.15) is 0 Å². The summed E-state index contributed by atoms with van der Waals surface area (Å²) in [4.78, 5) is 2.51. The third-order valence-electron chi connectivity index (χ3n) is 3.65. The summed E-state index contributed by atoms with van der Waals surface area (Å²) < 4.78 is 11.1. The van der Waals surface area contributed by atoms with Crippen LogP contribution in [0.25, 0.3) is 0 Å². The standard InChI is InChI=1S/C15H24N2O2/c1-3-13-12-16-8-9-17(13)10-11-19-15-7-5-4-6-14(15)18-2/h4-7,13,16H,3,8-12H2,1-2H3. The van der Waals surface area contributed by atoms with Crippen molar-refractivity contribution in [2.24, 2.45) is 0 Å². The van der Waals surface area contributed by atoms with Gasteiger partial charge in [0.1, 0.15) is 6.61 Å². The van der Waals surface area contributed by atoms with Crippen molar-refractivity contribution in [2.75, 3.05) is 39.9 Å². The molecule has 1 saturated heterocycles. The summed E-state index contributed by atoms with van der Waals surface area (Å²) in [5.41, 5.74) is 0. The van der Waals surface area contributed by atoms with Gasteiger partial charge in [-0.1, -0.05) is 19.1 Å². The summed E-state index contributed by atoms with van der Waals surface area (Å²) in [5.74, 6) is 1.63. The van der Waals surface area contributed by atoms with Gasteiger partial charge in [0, 0.05) is 32.2 Å². The average molecular weight is 264 g/mol. The van der Waals surface area contributed by atoms with E-state index in [-0.39, 0.29) is 0 Å². The first-order chi connectivity index (χ1) is 9.35. The van der Waals surface area contributed by atoms with Gasteiger partial charge < -0.3 is 14.8 Å². The first-order valence-corrected chi connectivity index (χ1v) is 7.05. The molecular weight excluding hydrogens is 240 g/mol. The van der Waals surface area contributed by atoms with Crippen molar-refractivity contribution >= 4 is 0 Å². The van der Waals surface area contributed by atoms with Gasteiger partial charge >= 0.3 is 0 Å². The zero-order valence-corrected chi connectivity index (χ0v) is 11.9. The van der Waals surface area contributed by atoms with Crippen LogP contribution in [0.1, 0.15) is 13.3 Å². The van der Waals surface area contributed by atoms with Crippen LogP contribution < -0.4 is 14.8 Å². The number of nitrogens with zero attached hydrogens (tertiary/aromatic N) is 1. The average Bonchev–Trinajstić information content (AvgIpc) is 2.48. The predicted octanol–water partition coefficient (Wildman–Crippen LogP) is 1.76. The van der Waals surface area contributed by atoms with Gasteiger partial charge in [0.05, 0.1) is 7.11 Å². The molecule has 1 aromatic rings. The van der Waals surface area contributed by atoms with E-state index in [9.17, 15) is 0 Å². The monoisotopic (exact) mass is 264 g/mol. The Morgan fingerprint density at radius 2 is 2.11 bits per heavy atom. The summed E-state index contributed by atoms with van der Waals surface area (Å²) in [5, 5.41) is 3.44. The fourth-order valence-electron chi connectivity index (χ4n) is 2.51. The molecule has 19 heavy (non-hydrogen) atoms. The molecule has 0 spiro atoms. The molecule has 4 heteroatoms. The second-order valence-corrected chi connectivity index (χ2v) is 4.80. The fourth-order valence-corrected chi connectivity index (χ4v) is 2.51. The maximum Gasteiger partial charge on any atom is 0.161 e. The molecule has 4 nitrogen and oxygen atoms in total. The van der Waals surface area contributed by atoms with Crippen molar-refractivity contribution in [3.8, 4) is 11.5 Å². The van der Waals surface area contributed by atoms with E-state index < -0.39 is 0 Å². The Labute approximate surface area is 115 Å². The van der Waals surface area contributed by atoms with E-state index in [2.05, 4.69) is 17.1 Å². The van der Waals surface area contributed by atoms with Crippen molar-refractivity contribution in [3.63, 3.8) is 0 Å². The number of nitrogens with one attached hydrogen (secondary N) is 1. The molecule has 0 aromatic heterocycles. The van der Waals surface area contributed by atoms with Crippen LogP contribution in [-0.2, 0) is 0 Å². The number of hydrogen-bond acceptors (Lipinski definition) is 4. The molecule has 0 aliphatic carbocycles. The van der Waals surface area contributed by atoms with Gasteiger partial charge in [-0.3, -0.25) is 4.90 Å². The largest absolute Gasteiger partial charge is 0.493 e. The Hall–Kier alpha value is -1.26. The zero-order chi connectivity index (χ0) is 13.5. The Kier molecular flexibility index (Phi) is 5.48. The van der Waals surface area contributed by atoms with Crippen LogP contribution in [0.5, 0.6) is 11.5 Å². The lowest BCUT2D eigenvalue weighted by Gasteiger charge is -2.35. The zero-order valence-electron chi connectivity index (χ0n) is 11.9. The Balaban J connectivity index is 1.82. The van der Waals surface area contributed by atoms with E-state index in [1.54, 1.807) is 7.11 Å². The highest BCUT2D eigenvalue weighted by Gasteiger charge is 2.19. The topological polar surface area (TPSA) is 33.7 Å². The van der Waals surface area contributed by atoms with E-state index in [0.717, 1.165) is 37.7 Å². The number of para-hydroxylation sites is 2. The Bertz CT molecular complexity index is 384. The number of ether oxygens (including phenoxy) is 2. The SMILES string of the molecule is CCC1CNCCN1CCOc1ccccc1OC. The molecule has 0 saturated carbocycles. The second kappa shape index (κ2) is 7.36. The summed E-state index contributed by atoms with van der Waals surface area (Å²) in [6.07, 6.45) is 1.18. The summed E-state index contributed by atoms with van der Waals surface area (Å²) in [6.45, 7) is 7.19. The summed E-state index contributed by atoms with van der Waals surface area (Å²) >= 11 is 0. The summed E-state index contributed by atoms with van der Waals surface area (Å²) in [7, 11) is 1.67. The van der Waals surface area contributed by atoms with Crippen molar-refractivity contribution in [1.82, 2.24) is 10.2 Å². The Morgan fingerprint density at radius 3 is 2.84 bits per heavy atom. The third-order valence-corrected chi connectivity index (χ3v) is 3.65. The Morgan fingerprint density at radius 1 is 1.32 bits per heavy atom. The molecule has 0 amide bonds. The van der Waals surface area contributed by atoms with Crippen LogP contribution in [0.2, 0.25) is 0 Å². The van der Waals surface area contributed by atoms with Crippen molar-refractivity contribution in [3.05, 3.63) is 24.3 Å². The molecule has 1 aliphatic rings. The normalized spacial score (nSPS) is 20.2. The van der Waals surface area contributed by atoms with Gasteiger partial charge in [-0.15, -0.1) is 0 Å². The molecule has 1 heterocycles. The predicted molar refractivity (Wildman–Crippen MR) is 77.0 cm³/mol. The highest BCUT2D eigenvalue weighted by atomic mass is 16.5. The molecule has 106 valence electrons. The van der Waals surface area contributed by atoms with Crippen molar-refractivity contribution in [2.45, 2.75) is 19.4 Å². The second-order valence-electron chi connectivity index (χ2n) is 4.80.